The van der Waals surface area contributed by atoms with Gasteiger partial charge < -0.3 is 10.4 Å². The summed E-state index contributed by atoms with van der Waals surface area (Å²) < 4.78 is 0. The highest BCUT2D eigenvalue weighted by Crippen LogP contribution is 2.20. The van der Waals surface area contributed by atoms with Crippen LogP contribution in [-0.4, -0.2) is 28.6 Å². The lowest BCUT2D eigenvalue weighted by atomic mass is 10.1. The van der Waals surface area contributed by atoms with Crippen molar-refractivity contribution in [3.8, 4) is 0 Å². The van der Waals surface area contributed by atoms with E-state index in [1.54, 1.807) is 0 Å². The van der Waals surface area contributed by atoms with E-state index in [-0.39, 0.29) is 5.91 Å². The summed E-state index contributed by atoms with van der Waals surface area (Å²) in [6.45, 7) is 10.5. The Balaban J connectivity index is 2.57. The maximum atomic E-state index is 12.1. The SMILES string of the molecule is Cc1nc(CC(C)C)sc1C(=O)NCC(O)CC(C)C. The molecule has 5 heteroatoms. The lowest BCUT2D eigenvalue weighted by molar-refractivity contribution is 0.0903. The number of aromatic nitrogens is 1. The van der Waals surface area contributed by atoms with Crippen molar-refractivity contribution in [3.63, 3.8) is 0 Å². The van der Waals surface area contributed by atoms with Gasteiger partial charge in [-0.25, -0.2) is 4.98 Å². The van der Waals surface area contributed by atoms with E-state index in [0.717, 1.165) is 17.1 Å². The fourth-order valence-electron chi connectivity index (χ4n) is 2.02. The monoisotopic (exact) mass is 298 g/mol. The Bertz CT molecular complexity index is 441. The fraction of sp³-hybridized carbons (Fsp3) is 0.733. The summed E-state index contributed by atoms with van der Waals surface area (Å²) in [5, 5.41) is 13.6. The van der Waals surface area contributed by atoms with Crippen molar-refractivity contribution in [1.82, 2.24) is 10.3 Å². The van der Waals surface area contributed by atoms with E-state index >= 15 is 0 Å². The molecule has 114 valence electrons. The number of aryl methyl sites for hydroxylation is 1. The summed E-state index contributed by atoms with van der Waals surface area (Å²) in [6.07, 6.45) is 1.11. The molecule has 0 radical (unpaired) electrons. The standard InChI is InChI=1S/C15H26N2O2S/c1-9(2)6-12(18)8-16-15(19)14-11(5)17-13(20-14)7-10(3)4/h9-10,12,18H,6-8H2,1-5H3,(H,16,19). The van der Waals surface area contributed by atoms with Crippen molar-refractivity contribution in [3.05, 3.63) is 15.6 Å². The largest absolute Gasteiger partial charge is 0.391 e. The van der Waals surface area contributed by atoms with Gasteiger partial charge in [-0.05, 0) is 25.2 Å². The molecule has 0 aromatic carbocycles. The fourth-order valence-corrected chi connectivity index (χ4v) is 3.21. The Morgan fingerprint density at radius 1 is 1.30 bits per heavy atom. The first kappa shape index (κ1) is 17.1. The molecule has 2 N–H and O–H groups in total. The van der Waals surface area contributed by atoms with Gasteiger partial charge in [0.2, 0.25) is 0 Å². The Morgan fingerprint density at radius 2 is 1.95 bits per heavy atom. The topological polar surface area (TPSA) is 62.2 Å². The van der Waals surface area contributed by atoms with E-state index in [9.17, 15) is 9.90 Å². The molecular formula is C15H26N2O2S. The first-order valence-corrected chi connectivity index (χ1v) is 8.03. The molecule has 1 unspecified atom stereocenters. The molecule has 0 aliphatic heterocycles. The summed E-state index contributed by atoms with van der Waals surface area (Å²) in [6, 6.07) is 0. The van der Waals surface area contributed by atoms with Gasteiger partial charge in [-0.2, -0.15) is 0 Å². The van der Waals surface area contributed by atoms with Gasteiger partial charge in [0.15, 0.2) is 0 Å². The average Bonchev–Trinajstić information content (AvgIpc) is 2.65. The lowest BCUT2D eigenvalue weighted by Crippen LogP contribution is -2.32. The molecule has 1 amide bonds. The summed E-state index contributed by atoms with van der Waals surface area (Å²) in [4.78, 5) is 17.2. The molecule has 0 bridgehead atoms. The van der Waals surface area contributed by atoms with Crippen molar-refractivity contribution in [2.45, 2.75) is 53.6 Å². The molecule has 1 aromatic rings. The van der Waals surface area contributed by atoms with Crippen LogP contribution in [0.5, 0.6) is 0 Å². The van der Waals surface area contributed by atoms with E-state index < -0.39 is 6.10 Å². The highest BCUT2D eigenvalue weighted by Gasteiger charge is 2.17. The number of aliphatic hydroxyl groups is 1. The molecule has 1 atom stereocenters. The van der Waals surface area contributed by atoms with Crippen LogP contribution in [0.1, 0.15) is 54.5 Å². The maximum Gasteiger partial charge on any atom is 0.263 e. The number of hydrogen-bond donors (Lipinski definition) is 2. The van der Waals surface area contributed by atoms with Crippen LogP contribution in [0, 0.1) is 18.8 Å². The number of aliphatic hydroxyl groups excluding tert-OH is 1. The number of nitrogens with one attached hydrogen (secondary N) is 1. The van der Waals surface area contributed by atoms with Crippen LogP contribution in [0.2, 0.25) is 0 Å². The van der Waals surface area contributed by atoms with Gasteiger partial charge in [-0.15, -0.1) is 11.3 Å². The van der Waals surface area contributed by atoms with Crippen molar-refractivity contribution < 1.29 is 9.90 Å². The Kier molecular flexibility index (Phi) is 6.62. The number of thiazole rings is 1. The van der Waals surface area contributed by atoms with Crippen molar-refractivity contribution in [2.24, 2.45) is 11.8 Å². The third-order valence-corrected chi connectivity index (χ3v) is 4.05. The minimum Gasteiger partial charge on any atom is -0.391 e. The molecule has 0 saturated carbocycles. The van der Waals surface area contributed by atoms with Crippen LogP contribution in [0.4, 0.5) is 0 Å². The zero-order chi connectivity index (χ0) is 15.3. The third-order valence-electron chi connectivity index (χ3n) is 2.87. The summed E-state index contributed by atoms with van der Waals surface area (Å²) >= 11 is 1.46. The second-order valence-electron chi connectivity index (χ2n) is 6.11. The van der Waals surface area contributed by atoms with Gasteiger partial charge in [0.25, 0.3) is 5.91 Å². The molecular weight excluding hydrogens is 272 g/mol. The zero-order valence-corrected chi connectivity index (χ0v) is 13.9. The molecule has 0 fully saturated rings. The van der Waals surface area contributed by atoms with Crippen molar-refractivity contribution in [2.75, 3.05) is 6.54 Å². The Labute approximate surface area is 125 Å². The number of nitrogens with zero attached hydrogens (tertiary/aromatic N) is 1. The number of hydrogen-bond acceptors (Lipinski definition) is 4. The summed E-state index contributed by atoms with van der Waals surface area (Å²) in [5.41, 5.74) is 0.779. The highest BCUT2D eigenvalue weighted by atomic mass is 32.1. The molecule has 0 aliphatic carbocycles. The molecule has 20 heavy (non-hydrogen) atoms. The van der Waals surface area contributed by atoms with Crippen LogP contribution < -0.4 is 5.32 Å². The summed E-state index contributed by atoms with van der Waals surface area (Å²) in [5.74, 6) is 0.826. The van der Waals surface area contributed by atoms with E-state index in [0.29, 0.717) is 29.7 Å². The quantitative estimate of drug-likeness (QED) is 0.813. The van der Waals surface area contributed by atoms with Gasteiger partial charge in [0.05, 0.1) is 16.8 Å². The zero-order valence-electron chi connectivity index (χ0n) is 13.1. The Hall–Kier alpha value is -0.940. The van der Waals surface area contributed by atoms with Crippen LogP contribution in [0.25, 0.3) is 0 Å². The first-order chi connectivity index (χ1) is 9.29. The smallest absolute Gasteiger partial charge is 0.263 e. The predicted molar refractivity (Wildman–Crippen MR) is 83.2 cm³/mol. The number of rotatable bonds is 7. The van der Waals surface area contributed by atoms with Crippen LogP contribution in [-0.2, 0) is 6.42 Å². The van der Waals surface area contributed by atoms with E-state index in [2.05, 4.69) is 38.0 Å². The van der Waals surface area contributed by atoms with Crippen LogP contribution in [0.15, 0.2) is 0 Å². The number of carbonyl (C=O) groups is 1. The van der Waals surface area contributed by atoms with Gasteiger partial charge in [-0.3, -0.25) is 4.79 Å². The van der Waals surface area contributed by atoms with Gasteiger partial charge in [0, 0.05) is 13.0 Å². The molecule has 4 nitrogen and oxygen atoms in total. The normalized spacial score (nSPS) is 13.0. The average molecular weight is 298 g/mol. The predicted octanol–water partition coefficient (Wildman–Crippen LogP) is 2.79. The molecule has 0 aliphatic rings. The van der Waals surface area contributed by atoms with Gasteiger partial charge in [0.1, 0.15) is 4.88 Å². The third kappa shape index (κ3) is 5.59. The van der Waals surface area contributed by atoms with Gasteiger partial charge >= 0.3 is 0 Å². The molecule has 1 rings (SSSR count). The lowest BCUT2D eigenvalue weighted by Gasteiger charge is -2.13. The van der Waals surface area contributed by atoms with E-state index in [4.69, 9.17) is 0 Å². The molecule has 0 saturated heterocycles. The van der Waals surface area contributed by atoms with E-state index in [1.807, 2.05) is 6.92 Å². The first-order valence-electron chi connectivity index (χ1n) is 7.22. The minimum absolute atomic E-state index is 0.127. The molecule has 1 aromatic heterocycles. The summed E-state index contributed by atoms with van der Waals surface area (Å²) in [7, 11) is 0. The number of carbonyl (C=O) groups excluding carboxylic acids is 1. The molecule has 0 spiro atoms. The molecule has 1 heterocycles. The second-order valence-corrected chi connectivity index (χ2v) is 7.20. The van der Waals surface area contributed by atoms with E-state index in [1.165, 1.54) is 11.3 Å². The van der Waals surface area contributed by atoms with Gasteiger partial charge in [-0.1, -0.05) is 27.7 Å². The highest BCUT2D eigenvalue weighted by molar-refractivity contribution is 7.13. The van der Waals surface area contributed by atoms with Crippen LogP contribution in [0.3, 0.4) is 0 Å². The Morgan fingerprint density at radius 3 is 2.50 bits per heavy atom. The van der Waals surface area contributed by atoms with Crippen molar-refractivity contribution in [1.29, 1.82) is 0 Å². The van der Waals surface area contributed by atoms with Crippen molar-refractivity contribution >= 4 is 17.2 Å². The second kappa shape index (κ2) is 7.74. The number of amides is 1. The van der Waals surface area contributed by atoms with Crippen LogP contribution >= 0.6 is 11.3 Å². The minimum atomic E-state index is -0.484. The maximum absolute atomic E-state index is 12.1.